The number of rotatable bonds is 3. The van der Waals surface area contributed by atoms with Crippen molar-refractivity contribution in [3.05, 3.63) is 35.2 Å². The van der Waals surface area contributed by atoms with Crippen LogP contribution in [0.15, 0.2) is 29.6 Å². The number of hydrogen-bond acceptors (Lipinski definition) is 2. The Balaban J connectivity index is 2.42. The summed E-state index contributed by atoms with van der Waals surface area (Å²) in [6.45, 7) is 6.42. The lowest BCUT2D eigenvalue weighted by molar-refractivity contribution is 0.0935. The molecule has 0 saturated heterocycles. The van der Waals surface area contributed by atoms with Gasteiger partial charge in [0.2, 0.25) is 0 Å². The Labute approximate surface area is 101 Å². The average Bonchev–Trinajstić information content (AvgIpc) is 2.74. The molecule has 0 aliphatic carbocycles. The SMILES string of the molecule is CC(C)C(C)C(O)c1cccc2ccsc12. The number of thiophene rings is 1. The van der Waals surface area contributed by atoms with Gasteiger partial charge >= 0.3 is 0 Å². The van der Waals surface area contributed by atoms with Crippen LogP contribution in [-0.4, -0.2) is 5.11 Å². The summed E-state index contributed by atoms with van der Waals surface area (Å²) in [5, 5.41) is 13.7. The van der Waals surface area contributed by atoms with Crippen LogP contribution in [0.25, 0.3) is 10.1 Å². The molecule has 1 heterocycles. The van der Waals surface area contributed by atoms with Crippen LogP contribution >= 0.6 is 11.3 Å². The second kappa shape index (κ2) is 4.56. The van der Waals surface area contributed by atoms with Gasteiger partial charge in [-0.25, -0.2) is 0 Å². The van der Waals surface area contributed by atoms with Gasteiger partial charge in [0.25, 0.3) is 0 Å². The molecule has 0 saturated carbocycles. The Kier molecular flexibility index (Phi) is 3.31. The van der Waals surface area contributed by atoms with E-state index in [0.717, 1.165) is 5.56 Å². The molecular formula is C14H18OS. The first-order chi connectivity index (χ1) is 7.61. The normalized spacial score (nSPS) is 15.6. The van der Waals surface area contributed by atoms with Crippen LogP contribution in [0.4, 0.5) is 0 Å². The Morgan fingerprint density at radius 2 is 1.88 bits per heavy atom. The average molecular weight is 234 g/mol. The molecular weight excluding hydrogens is 216 g/mol. The quantitative estimate of drug-likeness (QED) is 0.842. The van der Waals surface area contributed by atoms with E-state index in [1.807, 2.05) is 12.1 Å². The van der Waals surface area contributed by atoms with Gasteiger partial charge in [-0.3, -0.25) is 0 Å². The van der Waals surface area contributed by atoms with Gasteiger partial charge in [-0.05, 0) is 34.2 Å². The largest absolute Gasteiger partial charge is 0.388 e. The second-order valence-electron chi connectivity index (χ2n) is 4.73. The van der Waals surface area contributed by atoms with E-state index in [4.69, 9.17) is 0 Å². The van der Waals surface area contributed by atoms with Crippen LogP contribution in [0.3, 0.4) is 0 Å². The summed E-state index contributed by atoms with van der Waals surface area (Å²) in [6, 6.07) is 8.28. The predicted octanol–water partition coefficient (Wildman–Crippen LogP) is 4.23. The molecule has 1 aromatic carbocycles. The lowest BCUT2D eigenvalue weighted by Crippen LogP contribution is -2.14. The Bertz CT molecular complexity index is 472. The molecule has 0 spiro atoms. The minimum absolute atomic E-state index is 0.285. The fraction of sp³-hybridized carbons (Fsp3) is 0.429. The minimum Gasteiger partial charge on any atom is -0.388 e. The van der Waals surface area contributed by atoms with E-state index < -0.39 is 0 Å². The predicted molar refractivity (Wildman–Crippen MR) is 70.8 cm³/mol. The number of aliphatic hydroxyl groups excluding tert-OH is 1. The maximum absolute atomic E-state index is 10.4. The van der Waals surface area contributed by atoms with Crippen molar-refractivity contribution >= 4 is 21.4 Å². The van der Waals surface area contributed by atoms with Crippen LogP contribution in [0.1, 0.15) is 32.4 Å². The zero-order valence-corrected chi connectivity index (χ0v) is 10.8. The molecule has 0 amide bonds. The van der Waals surface area contributed by atoms with Crippen molar-refractivity contribution in [2.24, 2.45) is 11.8 Å². The summed E-state index contributed by atoms with van der Waals surface area (Å²) in [7, 11) is 0. The van der Waals surface area contributed by atoms with Crippen LogP contribution in [-0.2, 0) is 0 Å². The zero-order chi connectivity index (χ0) is 11.7. The van der Waals surface area contributed by atoms with Crippen LogP contribution in [0.5, 0.6) is 0 Å². The highest BCUT2D eigenvalue weighted by atomic mass is 32.1. The van der Waals surface area contributed by atoms with Gasteiger partial charge < -0.3 is 5.11 Å². The monoisotopic (exact) mass is 234 g/mol. The number of aliphatic hydroxyl groups is 1. The van der Waals surface area contributed by atoms with E-state index in [-0.39, 0.29) is 12.0 Å². The highest BCUT2D eigenvalue weighted by molar-refractivity contribution is 7.17. The molecule has 16 heavy (non-hydrogen) atoms. The van der Waals surface area contributed by atoms with Crippen molar-refractivity contribution in [2.75, 3.05) is 0 Å². The first-order valence-corrected chi connectivity index (χ1v) is 6.63. The van der Waals surface area contributed by atoms with Gasteiger partial charge in [0, 0.05) is 4.70 Å². The molecule has 1 aromatic heterocycles. The van der Waals surface area contributed by atoms with E-state index in [1.165, 1.54) is 10.1 Å². The summed E-state index contributed by atoms with van der Waals surface area (Å²) in [5.41, 5.74) is 1.08. The van der Waals surface area contributed by atoms with Crippen molar-refractivity contribution in [3.63, 3.8) is 0 Å². The fourth-order valence-electron chi connectivity index (χ4n) is 1.90. The third-order valence-corrected chi connectivity index (χ3v) is 4.36. The summed E-state index contributed by atoms with van der Waals surface area (Å²) < 4.78 is 1.22. The van der Waals surface area contributed by atoms with Crippen LogP contribution < -0.4 is 0 Å². The number of fused-ring (bicyclic) bond motifs is 1. The minimum atomic E-state index is -0.359. The number of hydrogen-bond donors (Lipinski definition) is 1. The molecule has 86 valence electrons. The van der Waals surface area contributed by atoms with E-state index >= 15 is 0 Å². The topological polar surface area (TPSA) is 20.2 Å². The van der Waals surface area contributed by atoms with Crippen molar-refractivity contribution in [1.82, 2.24) is 0 Å². The second-order valence-corrected chi connectivity index (χ2v) is 5.65. The molecule has 2 heteroatoms. The molecule has 2 aromatic rings. The Hall–Kier alpha value is -0.860. The Morgan fingerprint density at radius 3 is 2.56 bits per heavy atom. The summed E-state index contributed by atoms with van der Waals surface area (Å²) in [4.78, 5) is 0. The lowest BCUT2D eigenvalue weighted by Gasteiger charge is -2.23. The molecule has 0 aliphatic heterocycles. The van der Waals surface area contributed by atoms with Crippen molar-refractivity contribution in [1.29, 1.82) is 0 Å². The van der Waals surface area contributed by atoms with E-state index in [1.54, 1.807) is 11.3 Å². The molecule has 2 rings (SSSR count). The highest BCUT2D eigenvalue weighted by Crippen LogP contribution is 2.34. The molecule has 1 N–H and O–H groups in total. The van der Waals surface area contributed by atoms with Gasteiger partial charge in [-0.1, -0.05) is 39.0 Å². The Morgan fingerprint density at radius 1 is 1.12 bits per heavy atom. The molecule has 0 aliphatic rings. The van der Waals surface area contributed by atoms with Gasteiger partial charge in [0.15, 0.2) is 0 Å². The van der Waals surface area contributed by atoms with Crippen LogP contribution in [0.2, 0.25) is 0 Å². The fourth-order valence-corrected chi connectivity index (χ4v) is 2.84. The zero-order valence-electron chi connectivity index (χ0n) is 9.97. The van der Waals surface area contributed by atoms with Gasteiger partial charge in [-0.15, -0.1) is 11.3 Å². The van der Waals surface area contributed by atoms with E-state index in [9.17, 15) is 5.11 Å². The van der Waals surface area contributed by atoms with Crippen molar-refractivity contribution in [3.8, 4) is 0 Å². The summed E-state index contributed by atoms with van der Waals surface area (Å²) in [6.07, 6.45) is -0.359. The van der Waals surface area contributed by atoms with Gasteiger partial charge in [0.05, 0.1) is 6.10 Å². The van der Waals surface area contributed by atoms with E-state index in [2.05, 4.69) is 38.3 Å². The van der Waals surface area contributed by atoms with Crippen LogP contribution in [0, 0.1) is 11.8 Å². The summed E-state index contributed by atoms with van der Waals surface area (Å²) in [5.74, 6) is 0.776. The maximum atomic E-state index is 10.4. The molecule has 0 bridgehead atoms. The standard InChI is InChI=1S/C14H18OS/c1-9(2)10(3)13(15)12-6-4-5-11-7-8-16-14(11)12/h4-10,13,15H,1-3H3. The van der Waals surface area contributed by atoms with Crippen molar-refractivity contribution < 1.29 is 5.11 Å². The third kappa shape index (κ3) is 2.00. The van der Waals surface area contributed by atoms with E-state index in [0.29, 0.717) is 5.92 Å². The first kappa shape index (κ1) is 11.6. The molecule has 1 nitrogen and oxygen atoms in total. The highest BCUT2D eigenvalue weighted by Gasteiger charge is 2.21. The summed E-state index contributed by atoms with van der Waals surface area (Å²) >= 11 is 1.71. The number of benzene rings is 1. The first-order valence-electron chi connectivity index (χ1n) is 5.75. The third-order valence-electron chi connectivity index (χ3n) is 3.38. The molecule has 0 fully saturated rings. The molecule has 2 atom stereocenters. The van der Waals surface area contributed by atoms with Crippen molar-refractivity contribution in [2.45, 2.75) is 26.9 Å². The lowest BCUT2D eigenvalue weighted by atomic mass is 9.88. The van der Waals surface area contributed by atoms with Gasteiger partial charge in [-0.2, -0.15) is 0 Å². The maximum Gasteiger partial charge on any atom is 0.0831 e. The molecule has 0 radical (unpaired) electrons. The molecule has 2 unspecified atom stereocenters. The van der Waals surface area contributed by atoms with Gasteiger partial charge in [0.1, 0.15) is 0 Å². The smallest absolute Gasteiger partial charge is 0.0831 e.